The van der Waals surface area contributed by atoms with Gasteiger partial charge in [0, 0.05) is 0 Å². The van der Waals surface area contributed by atoms with Gasteiger partial charge >= 0.3 is 0 Å². The van der Waals surface area contributed by atoms with Crippen molar-refractivity contribution in [1.29, 1.82) is 5.26 Å². The molecule has 2 aromatic rings. The van der Waals surface area contributed by atoms with E-state index in [-0.39, 0.29) is 27.3 Å². The molecule has 0 atom stereocenters. The van der Waals surface area contributed by atoms with E-state index in [2.05, 4.69) is 16.8 Å². The number of nitrogens with zero attached hydrogens (tertiary/aromatic N) is 4. The first-order valence-corrected chi connectivity index (χ1v) is 6.36. The fraction of sp³-hybridized carbons (Fsp3) is 0.0833. The maximum Gasteiger partial charge on any atom is 0.237 e. The SMILES string of the molecule is C=Nc1nn(-c2ccc(Cl)c(Cl)c2Cl)c(OC)c1C#N. The average Bonchev–Trinajstić information content (AvgIpc) is 2.82. The normalized spacial score (nSPS) is 10.2. The van der Waals surface area contributed by atoms with Crippen molar-refractivity contribution in [3.8, 4) is 17.6 Å². The molecule has 0 radical (unpaired) electrons. The van der Waals surface area contributed by atoms with E-state index in [0.29, 0.717) is 10.7 Å². The summed E-state index contributed by atoms with van der Waals surface area (Å²) >= 11 is 18.0. The van der Waals surface area contributed by atoms with Crippen LogP contribution in [-0.2, 0) is 0 Å². The Morgan fingerprint density at radius 3 is 2.60 bits per heavy atom. The summed E-state index contributed by atoms with van der Waals surface area (Å²) in [6, 6.07) is 5.14. The van der Waals surface area contributed by atoms with Gasteiger partial charge in [0.1, 0.15) is 6.07 Å². The van der Waals surface area contributed by atoms with Gasteiger partial charge in [-0.3, -0.25) is 0 Å². The van der Waals surface area contributed by atoms with Gasteiger partial charge < -0.3 is 4.74 Å². The van der Waals surface area contributed by atoms with E-state index in [9.17, 15) is 0 Å². The standard InChI is InChI=1S/C12H7Cl3N4O/c1-17-11-6(5-16)12(20-2)19(18-11)8-4-3-7(13)9(14)10(8)15/h3-4H,1H2,2H3. The third-order valence-electron chi connectivity index (χ3n) is 2.52. The van der Waals surface area contributed by atoms with Crippen molar-refractivity contribution in [1.82, 2.24) is 9.78 Å². The molecule has 0 N–H and O–H groups in total. The predicted octanol–water partition coefficient (Wildman–Crippen LogP) is 4.04. The molecule has 0 saturated carbocycles. The Morgan fingerprint density at radius 2 is 2.05 bits per heavy atom. The molecule has 0 aliphatic carbocycles. The Kier molecular flexibility index (Phi) is 4.19. The molecule has 0 saturated heterocycles. The summed E-state index contributed by atoms with van der Waals surface area (Å²) < 4.78 is 6.51. The maximum absolute atomic E-state index is 9.14. The molecule has 0 bridgehead atoms. The first-order valence-electron chi connectivity index (χ1n) is 5.22. The molecule has 20 heavy (non-hydrogen) atoms. The van der Waals surface area contributed by atoms with Crippen molar-refractivity contribution >= 4 is 47.3 Å². The van der Waals surface area contributed by atoms with Crippen LogP contribution in [0.15, 0.2) is 17.1 Å². The van der Waals surface area contributed by atoms with Crippen LogP contribution in [0, 0.1) is 11.3 Å². The van der Waals surface area contributed by atoms with Crippen molar-refractivity contribution in [2.75, 3.05) is 7.11 Å². The highest BCUT2D eigenvalue weighted by Gasteiger charge is 2.21. The van der Waals surface area contributed by atoms with Gasteiger partial charge in [-0.15, -0.1) is 5.10 Å². The highest BCUT2D eigenvalue weighted by atomic mass is 35.5. The van der Waals surface area contributed by atoms with Crippen LogP contribution in [0.1, 0.15) is 5.56 Å². The Labute approximate surface area is 130 Å². The summed E-state index contributed by atoms with van der Waals surface area (Å²) in [5, 5.41) is 14.0. The third kappa shape index (κ3) is 2.22. The number of hydrogen-bond donors (Lipinski definition) is 0. The lowest BCUT2D eigenvalue weighted by Gasteiger charge is -2.09. The first kappa shape index (κ1) is 14.7. The van der Waals surface area contributed by atoms with Gasteiger partial charge in [0.2, 0.25) is 5.88 Å². The van der Waals surface area contributed by atoms with E-state index < -0.39 is 0 Å². The van der Waals surface area contributed by atoms with Crippen LogP contribution in [0.4, 0.5) is 5.82 Å². The second-order valence-electron chi connectivity index (χ2n) is 3.58. The van der Waals surface area contributed by atoms with Crippen molar-refractivity contribution < 1.29 is 4.74 Å². The highest BCUT2D eigenvalue weighted by Crippen LogP contribution is 2.38. The van der Waals surface area contributed by atoms with Crippen LogP contribution < -0.4 is 4.74 Å². The second kappa shape index (κ2) is 5.71. The summed E-state index contributed by atoms with van der Waals surface area (Å²) in [6.45, 7) is 3.36. The molecule has 0 unspecified atom stereocenters. The quantitative estimate of drug-likeness (QED) is 0.630. The fourth-order valence-corrected chi connectivity index (χ4v) is 2.24. The van der Waals surface area contributed by atoms with Crippen LogP contribution >= 0.6 is 34.8 Å². The minimum absolute atomic E-state index is 0.145. The van der Waals surface area contributed by atoms with Gasteiger partial charge in [-0.05, 0) is 18.9 Å². The van der Waals surface area contributed by atoms with Crippen LogP contribution in [0.5, 0.6) is 5.88 Å². The van der Waals surface area contributed by atoms with Gasteiger partial charge in [-0.2, -0.15) is 9.94 Å². The van der Waals surface area contributed by atoms with Crippen molar-refractivity contribution in [3.63, 3.8) is 0 Å². The lowest BCUT2D eigenvalue weighted by atomic mass is 10.3. The van der Waals surface area contributed by atoms with Gasteiger partial charge in [-0.25, -0.2) is 4.99 Å². The average molecular weight is 330 g/mol. The molecular formula is C12H7Cl3N4O. The molecule has 1 heterocycles. The topological polar surface area (TPSA) is 63.2 Å². The number of hydrogen-bond acceptors (Lipinski definition) is 4. The Hall–Kier alpha value is -1.74. The zero-order valence-electron chi connectivity index (χ0n) is 10.2. The second-order valence-corrected chi connectivity index (χ2v) is 4.75. The molecule has 0 fully saturated rings. The zero-order chi connectivity index (χ0) is 14.9. The van der Waals surface area contributed by atoms with E-state index in [0.717, 1.165) is 0 Å². The monoisotopic (exact) mass is 328 g/mol. The highest BCUT2D eigenvalue weighted by molar-refractivity contribution is 6.48. The minimum atomic E-state index is 0.145. The molecule has 1 aromatic heterocycles. The lowest BCUT2D eigenvalue weighted by molar-refractivity contribution is 0.382. The molecule has 0 spiro atoms. The van der Waals surface area contributed by atoms with Gasteiger partial charge in [-0.1, -0.05) is 34.8 Å². The number of ether oxygens (including phenoxy) is 1. The number of benzene rings is 1. The van der Waals surface area contributed by atoms with E-state index in [1.807, 2.05) is 6.07 Å². The predicted molar refractivity (Wildman–Crippen MR) is 79.1 cm³/mol. The summed E-state index contributed by atoms with van der Waals surface area (Å²) in [5.74, 6) is 0.335. The molecule has 0 aliphatic heterocycles. The molecule has 102 valence electrons. The van der Waals surface area contributed by atoms with Gasteiger partial charge in [0.25, 0.3) is 0 Å². The summed E-state index contributed by atoms with van der Waals surface area (Å²) in [6.07, 6.45) is 0. The molecule has 1 aromatic carbocycles. The molecule has 2 rings (SSSR count). The van der Waals surface area contributed by atoms with Crippen LogP contribution in [0.25, 0.3) is 5.69 Å². The van der Waals surface area contributed by atoms with Crippen LogP contribution in [0.3, 0.4) is 0 Å². The zero-order valence-corrected chi connectivity index (χ0v) is 12.5. The Bertz CT molecular complexity index is 733. The van der Waals surface area contributed by atoms with E-state index >= 15 is 0 Å². The van der Waals surface area contributed by atoms with Gasteiger partial charge in [0.05, 0.1) is 27.9 Å². The Morgan fingerprint density at radius 1 is 1.35 bits per heavy atom. The summed E-state index contributed by atoms with van der Waals surface area (Å²) in [4.78, 5) is 3.68. The number of nitriles is 1. The fourth-order valence-electron chi connectivity index (χ4n) is 1.63. The smallest absolute Gasteiger partial charge is 0.237 e. The van der Waals surface area contributed by atoms with Gasteiger partial charge in [0.15, 0.2) is 11.4 Å². The van der Waals surface area contributed by atoms with E-state index in [1.165, 1.54) is 11.8 Å². The van der Waals surface area contributed by atoms with Crippen molar-refractivity contribution in [2.24, 2.45) is 4.99 Å². The molecule has 5 nitrogen and oxygen atoms in total. The van der Waals surface area contributed by atoms with Crippen LogP contribution in [0.2, 0.25) is 15.1 Å². The van der Waals surface area contributed by atoms with Crippen molar-refractivity contribution in [3.05, 3.63) is 32.8 Å². The number of methoxy groups -OCH3 is 1. The maximum atomic E-state index is 9.14. The van der Waals surface area contributed by atoms with Crippen molar-refractivity contribution in [2.45, 2.75) is 0 Å². The molecule has 0 amide bonds. The number of halogens is 3. The largest absolute Gasteiger partial charge is 0.480 e. The van der Waals surface area contributed by atoms with E-state index in [1.54, 1.807) is 12.1 Å². The lowest BCUT2D eigenvalue weighted by Crippen LogP contribution is -2.01. The summed E-state index contributed by atoms with van der Waals surface area (Å²) in [7, 11) is 1.41. The molecule has 0 aliphatic rings. The molecule has 8 heteroatoms. The Balaban J connectivity index is 2.77. The minimum Gasteiger partial charge on any atom is -0.480 e. The number of aliphatic imine (C=N–C) groups is 1. The number of rotatable bonds is 3. The molecular weight excluding hydrogens is 323 g/mol. The van der Waals surface area contributed by atoms with Crippen LogP contribution in [-0.4, -0.2) is 23.6 Å². The third-order valence-corrected chi connectivity index (χ3v) is 3.81. The van der Waals surface area contributed by atoms with E-state index in [4.69, 9.17) is 44.8 Å². The first-order chi connectivity index (χ1) is 9.54. The number of aromatic nitrogens is 2. The summed E-state index contributed by atoms with van der Waals surface area (Å²) in [5.41, 5.74) is 0.578.